The van der Waals surface area contributed by atoms with Crippen LogP contribution < -0.4 is 0 Å². The van der Waals surface area contributed by atoms with Crippen LogP contribution in [0.2, 0.25) is 0 Å². The Bertz CT molecular complexity index is 285. The van der Waals surface area contributed by atoms with E-state index in [1.54, 1.807) is 7.05 Å². The van der Waals surface area contributed by atoms with E-state index in [2.05, 4.69) is 0 Å². The van der Waals surface area contributed by atoms with E-state index in [4.69, 9.17) is 5.11 Å². The zero-order valence-electron chi connectivity index (χ0n) is 8.31. The molecule has 1 N–H and O–H groups in total. The van der Waals surface area contributed by atoms with Gasteiger partial charge in [-0.25, -0.2) is 0 Å². The molecular formula is C11H15NO2. The fraction of sp³-hybridized carbons (Fsp3) is 0.364. The summed E-state index contributed by atoms with van der Waals surface area (Å²) in [5.74, 6) is 0.0326. The van der Waals surface area contributed by atoms with E-state index in [1.165, 1.54) is 4.90 Å². The lowest BCUT2D eigenvalue weighted by Crippen LogP contribution is -2.30. The first-order chi connectivity index (χ1) is 6.74. The average Bonchev–Trinajstić information content (AvgIpc) is 2.19. The van der Waals surface area contributed by atoms with Crippen molar-refractivity contribution in [3.05, 3.63) is 35.9 Å². The van der Waals surface area contributed by atoms with Gasteiger partial charge < -0.3 is 10.0 Å². The molecule has 0 bridgehead atoms. The van der Waals surface area contributed by atoms with Crippen LogP contribution in [0.5, 0.6) is 0 Å². The van der Waals surface area contributed by atoms with Crippen LogP contribution in [0.3, 0.4) is 0 Å². The van der Waals surface area contributed by atoms with E-state index in [0.29, 0.717) is 13.0 Å². The molecule has 1 amide bonds. The van der Waals surface area contributed by atoms with Gasteiger partial charge in [-0.15, -0.1) is 0 Å². The minimum absolute atomic E-state index is 0.0109. The molecule has 0 aromatic heterocycles. The van der Waals surface area contributed by atoms with Gasteiger partial charge in [0.1, 0.15) is 0 Å². The Kier molecular flexibility index (Phi) is 4.13. The maximum absolute atomic E-state index is 11.5. The van der Waals surface area contributed by atoms with E-state index in [9.17, 15) is 4.79 Å². The van der Waals surface area contributed by atoms with Gasteiger partial charge in [-0.3, -0.25) is 4.79 Å². The van der Waals surface area contributed by atoms with Gasteiger partial charge in [0, 0.05) is 13.6 Å². The summed E-state index contributed by atoms with van der Waals surface area (Å²) in [6.07, 6.45) is 0.400. The predicted octanol–water partition coefficient (Wildman–Crippen LogP) is 0.680. The lowest BCUT2D eigenvalue weighted by atomic mass is 10.1. The van der Waals surface area contributed by atoms with E-state index >= 15 is 0 Å². The van der Waals surface area contributed by atoms with Crippen LogP contribution in [-0.2, 0) is 11.2 Å². The second kappa shape index (κ2) is 5.40. The molecule has 1 aromatic carbocycles. The van der Waals surface area contributed by atoms with Gasteiger partial charge in [-0.2, -0.15) is 0 Å². The zero-order valence-corrected chi connectivity index (χ0v) is 8.31. The number of benzene rings is 1. The number of rotatable bonds is 4. The normalized spacial score (nSPS) is 9.86. The maximum Gasteiger partial charge on any atom is 0.226 e. The van der Waals surface area contributed by atoms with E-state index in [-0.39, 0.29) is 12.5 Å². The number of amides is 1. The van der Waals surface area contributed by atoms with Gasteiger partial charge in [0.2, 0.25) is 5.91 Å². The molecule has 76 valence electrons. The predicted molar refractivity (Wildman–Crippen MR) is 54.9 cm³/mol. The van der Waals surface area contributed by atoms with Gasteiger partial charge in [0.05, 0.1) is 13.0 Å². The lowest BCUT2D eigenvalue weighted by Gasteiger charge is -2.15. The summed E-state index contributed by atoms with van der Waals surface area (Å²) in [4.78, 5) is 13.1. The van der Waals surface area contributed by atoms with Crippen LogP contribution in [0.4, 0.5) is 0 Å². The average molecular weight is 193 g/mol. The summed E-state index contributed by atoms with van der Waals surface area (Å²) in [6.45, 7) is 0.405. The van der Waals surface area contributed by atoms with Crippen molar-refractivity contribution in [2.24, 2.45) is 0 Å². The first-order valence-corrected chi connectivity index (χ1v) is 4.63. The lowest BCUT2D eigenvalue weighted by molar-refractivity contribution is -0.129. The fourth-order valence-corrected chi connectivity index (χ4v) is 1.18. The first-order valence-electron chi connectivity index (χ1n) is 4.63. The van der Waals surface area contributed by atoms with Crippen molar-refractivity contribution in [3.63, 3.8) is 0 Å². The number of aliphatic hydroxyl groups excluding tert-OH is 1. The maximum atomic E-state index is 11.5. The third kappa shape index (κ3) is 3.18. The standard InChI is InChI=1S/C11H15NO2/c1-12(7-8-13)11(14)9-10-5-3-2-4-6-10/h2-6,13H,7-9H2,1H3. The minimum atomic E-state index is 0.0109. The monoisotopic (exact) mass is 193 g/mol. The highest BCUT2D eigenvalue weighted by Crippen LogP contribution is 2.01. The third-order valence-electron chi connectivity index (χ3n) is 2.06. The summed E-state index contributed by atoms with van der Waals surface area (Å²) < 4.78 is 0. The quantitative estimate of drug-likeness (QED) is 0.764. The number of hydrogen-bond donors (Lipinski definition) is 1. The second-order valence-electron chi connectivity index (χ2n) is 3.20. The summed E-state index contributed by atoms with van der Waals surface area (Å²) in [5.41, 5.74) is 1.00. The van der Waals surface area contributed by atoms with Gasteiger partial charge in [0.25, 0.3) is 0 Å². The van der Waals surface area contributed by atoms with Gasteiger partial charge in [0.15, 0.2) is 0 Å². The Morgan fingerprint density at radius 1 is 1.36 bits per heavy atom. The minimum Gasteiger partial charge on any atom is -0.395 e. The molecule has 14 heavy (non-hydrogen) atoms. The van der Waals surface area contributed by atoms with Crippen LogP contribution >= 0.6 is 0 Å². The van der Waals surface area contributed by atoms with Crippen LogP contribution in [0.25, 0.3) is 0 Å². The van der Waals surface area contributed by atoms with Crippen molar-refractivity contribution in [2.75, 3.05) is 20.2 Å². The largest absolute Gasteiger partial charge is 0.395 e. The Balaban J connectivity index is 2.49. The molecule has 0 aliphatic heterocycles. The Morgan fingerprint density at radius 3 is 2.57 bits per heavy atom. The SMILES string of the molecule is CN(CCO)C(=O)Cc1ccccc1. The molecule has 0 fully saturated rings. The highest BCUT2D eigenvalue weighted by atomic mass is 16.3. The highest BCUT2D eigenvalue weighted by Gasteiger charge is 2.07. The fourth-order valence-electron chi connectivity index (χ4n) is 1.18. The molecule has 3 heteroatoms. The molecule has 0 heterocycles. The molecule has 0 spiro atoms. The topological polar surface area (TPSA) is 40.5 Å². The molecule has 1 aromatic rings. The second-order valence-corrected chi connectivity index (χ2v) is 3.20. The first kappa shape index (κ1) is 10.7. The summed E-state index contributed by atoms with van der Waals surface area (Å²) in [5, 5.41) is 8.66. The van der Waals surface area contributed by atoms with Gasteiger partial charge in [-0.1, -0.05) is 30.3 Å². The zero-order chi connectivity index (χ0) is 10.4. The van der Waals surface area contributed by atoms with Crippen LogP contribution in [0.1, 0.15) is 5.56 Å². The molecule has 3 nitrogen and oxygen atoms in total. The smallest absolute Gasteiger partial charge is 0.226 e. The Labute approximate surface area is 84.0 Å². The van der Waals surface area contributed by atoms with Crippen LogP contribution in [0, 0.1) is 0 Å². The van der Waals surface area contributed by atoms with Crippen molar-refractivity contribution in [1.29, 1.82) is 0 Å². The molecule has 0 unspecified atom stereocenters. The molecular weight excluding hydrogens is 178 g/mol. The van der Waals surface area contributed by atoms with E-state index < -0.39 is 0 Å². The molecule has 0 saturated carbocycles. The van der Waals surface area contributed by atoms with Gasteiger partial charge in [-0.05, 0) is 5.56 Å². The van der Waals surface area contributed by atoms with Crippen LogP contribution in [0.15, 0.2) is 30.3 Å². The van der Waals surface area contributed by atoms with E-state index in [0.717, 1.165) is 5.56 Å². The van der Waals surface area contributed by atoms with Crippen molar-refractivity contribution in [1.82, 2.24) is 4.90 Å². The van der Waals surface area contributed by atoms with Crippen molar-refractivity contribution in [3.8, 4) is 0 Å². The summed E-state index contributed by atoms with van der Waals surface area (Å²) >= 11 is 0. The Hall–Kier alpha value is -1.35. The molecule has 0 saturated heterocycles. The number of aliphatic hydroxyl groups is 1. The van der Waals surface area contributed by atoms with E-state index in [1.807, 2.05) is 30.3 Å². The highest BCUT2D eigenvalue weighted by molar-refractivity contribution is 5.78. The molecule has 0 aliphatic carbocycles. The van der Waals surface area contributed by atoms with Crippen molar-refractivity contribution < 1.29 is 9.90 Å². The Morgan fingerprint density at radius 2 is 2.00 bits per heavy atom. The number of likely N-dealkylation sites (N-methyl/N-ethyl adjacent to an activating group) is 1. The van der Waals surface area contributed by atoms with Gasteiger partial charge >= 0.3 is 0 Å². The number of nitrogens with zero attached hydrogens (tertiary/aromatic N) is 1. The molecule has 0 atom stereocenters. The molecule has 0 radical (unpaired) electrons. The summed E-state index contributed by atoms with van der Waals surface area (Å²) in [7, 11) is 1.70. The number of carbonyl (C=O) groups excluding carboxylic acids is 1. The number of hydrogen-bond acceptors (Lipinski definition) is 2. The molecule has 1 rings (SSSR count). The number of carbonyl (C=O) groups is 1. The van der Waals surface area contributed by atoms with Crippen molar-refractivity contribution >= 4 is 5.91 Å². The van der Waals surface area contributed by atoms with Crippen LogP contribution in [-0.4, -0.2) is 36.1 Å². The van der Waals surface area contributed by atoms with Crippen molar-refractivity contribution in [2.45, 2.75) is 6.42 Å². The third-order valence-corrected chi connectivity index (χ3v) is 2.06. The molecule has 0 aliphatic rings. The summed E-state index contributed by atoms with van der Waals surface area (Å²) in [6, 6.07) is 9.59.